The number of piperidine rings is 1. The quantitative estimate of drug-likeness (QED) is 0.873. The molecule has 5 heteroatoms. The van der Waals surface area contributed by atoms with E-state index in [4.69, 9.17) is 9.47 Å². The van der Waals surface area contributed by atoms with Crippen LogP contribution in [0.4, 0.5) is 0 Å². The second-order valence-electron chi connectivity index (χ2n) is 5.58. The van der Waals surface area contributed by atoms with Gasteiger partial charge in [0.1, 0.15) is 11.9 Å². The third kappa shape index (κ3) is 2.87. The Labute approximate surface area is 113 Å². The number of nitrogens with one attached hydrogen (secondary N) is 1. The molecule has 2 aliphatic heterocycles. The predicted octanol–water partition coefficient (Wildman–Crippen LogP) is 1.38. The predicted molar refractivity (Wildman–Crippen MR) is 71.3 cm³/mol. The zero-order chi connectivity index (χ0) is 13.3. The molecular formula is C14H21N3O2. The summed E-state index contributed by atoms with van der Waals surface area (Å²) in [5.41, 5.74) is 0.977. The van der Waals surface area contributed by atoms with Gasteiger partial charge in [0.15, 0.2) is 0 Å². The van der Waals surface area contributed by atoms with E-state index in [-0.39, 0.29) is 11.7 Å². The lowest BCUT2D eigenvalue weighted by Gasteiger charge is -2.32. The van der Waals surface area contributed by atoms with Crippen LogP contribution in [0, 0.1) is 13.8 Å². The van der Waals surface area contributed by atoms with E-state index in [1.165, 1.54) is 0 Å². The minimum Gasteiger partial charge on any atom is -0.472 e. The Balaban J connectivity index is 1.65. The second kappa shape index (κ2) is 5.06. The van der Waals surface area contributed by atoms with E-state index < -0.39 is 0 Å². The van der Waals surface area contributed by atoms with Crippen LogP contribution in [-0.4, -0.2) is 41.4 Å². The van der Waals surface area contributed by atoms with Crippen LogP contribution < -0.4 is 10.1 Å². The van der Waals surface area contributed by atoms with Crippen molar-refractivity contribution in [3.05, 3.63) is 17.6 Å². The minimum atomic E-state index is 0.0348. The van der Waals surface area contributed by atoms with Crippen molar-refractivity contribution in [2.45, 2.75) is 44.8 Å². The van der Waals surface area contributed by atoms with Gasteiger partial charge >= 0.3 is 0 Å². The molecule has 1 N–H and O–H groups in total. The molecule has 1 unspecified atom stereocenters. The second-order valence-corrected chi connectivity index (χ2v) is 5.58. The van der Waals surface area contributed by atoms with Gasteiger partial charge in [0.05, 0.1) is 12.2 Å². The molecule has 0 radical (unpaired) electrons. The van der Waals surface area contributed by atoms with Gasteiger partial charge < -0.3 is 14.8 Å². The van der Waals surface area contributed by atoms with Gasteiger partial charge in [0, 0.05) is 18.2 Å². The fourth-order valence-corrected chi connectivity index (χ4v) is 3.02. The van der Waals surface area contributed by atoms with Gasteiger partial charge in [0.2, 0.25) is 5.88 Å². The lowest BCUT2D eigenvalue weighted by atomic mass is 9.89. The van der Waals surface area contributed by atoms with E-state index in [0.717, 1.165) is 43.9 Å². The summed E-state index contributed by atoms with van der Waals surface area (Å²) in [4.78, 5) is 8.59. The molecule has 0 aromatic carbocycles. The Bertz CT molecular complexity index is 438. The summed E-state index contributed by atoms with van der Waals surface area (Å²) < 4.78 is 12.0. The van der Waals surface area contributed by atoms with E-state index in [9.17, 15) is 0 Å². The molecular weight excluding hydrogens is 242 g/mol. The first-order valence-electron chi connectivity index (χ1n) is 6.99. The fraction of sp³-hybridized carbons (Fsp3) is 0.714. The van der Waals surface area contributed by atoms with Crippen LogP contribution in [-0.2, 0) is 4.74 Å². The first-order valence-corrected chi connectivity index (χ1v) is 6.99. The van der Waals surface area contributed by atoms with Crippen molar-refractivity contribution in [3.63, 3.8) is 0 Å². The number of hydrogen-bond donors (Lipinski definition) is 1. The van der Waals surface area contributed by atoms with Crippen molar-refractivity contribution in [1.29, 1.82) is 0 Å². The van der Waals surface area contributed by atoms with E-state index in [1.54, 1.807) is 0 Å². The molecule has 3 heterocycles. The first-order chi connectivity index (χ1) is 9.15. The Morgan fingerprint density at radius 1 is 1.32 bits per heavy atom. The van der Waals surface area contributed by atoms with Gasteiger partial charge in [-0.15, -0.1) is 0 Å². The smallest absolute Gasteiger partial charge is 0.217 e. The number of aromatic nitrogens is 2. The SMILES string of the molecule is Cc1cc(OC2COC3(CCNCC3)C2)nc(C)n1. The number of ether oxygens (including phenoxy) is 2. The fourth-order valence-electron chi connectivity index (χ4n) is 3.02. The maximum absolute atomic E-state index is 6.02. The molecule has 2 saturated heterocycles. The third-order valence-electron chi connectivity index (χ3n) is 3.92. The molecule has 0 saturated carbocycles. The summed E-state index contributed by atoms with van der Waals surface area (Å²) in [6, 6.07) is 1.89. The van der Waals surface area contributed by atoms with Crippen molar-refractivity contribution in [1.82, 2.24) is 15.3 Å². The van der Waals surface area contributed by atoms with Crippen molar-refractivity contribution >= 4 is 0 Å². The van der Waals surface area contributed by atoms with Gasteiger partial charge in [-0.1, -0.05) is 0 Å². The average Bonchev–Trinajstić information content (AvgIpc) is 2.71. The van der Waals surface area contributed by atoms with Crippen molar-refractivity contribution in [3.8, 4) is 5.88 Å². The lowest BCUT2D eigenvalue weighted by molar-refractivity contribution is -0.0205. The summed E-state index contributed by atoms with van der Waals surface area (Å²) >= 11 is 0. The zero-order valence-corrected chi connectivity index (χ0v) is 11.6. The summed E-state index contributed by atoms with van der Waals surface area (Å²) in [5, 5.41) is 3.37. The molecule has 0 bridgehead atoms. The molecule has 1 aromatic heterocycles. The minimum absolute atomic E-state index is 0.0348. The van der Waals surface area contributed by atoms with Crippen molar-refractivity contribution < 1.29 is 9.47 Å². The molecule has 1 atom stereocenters. The number of hydrogen-bond acceptors (Lipinski definition) is 5. The maximum atomic E-state index is 6.02. The zero-order valence-electron chi connectivity index (χ0n) is 11.6. The summed E-state index contributed by atoms with van der Waals surface area (Å²) in [5.74, 6) is 1.43. The van der Waals surface area contributed by atoms with Crippen LogP contribution >= 0.6 is 0 Å². The molecule has 1 spiro atoms. The normalized spacial score (nSPS) is 25.7. The molecule has 5 nitrogen and oxygen atoms in total. The average molecular weight is 263 g/mol. The maximum Gasteiger partial charge on any atom is 0.217 e. The van der Waals surface area contributed by atoms with Gasteiger partial charge in [-0.05, 0) is 39.8 Å². The van der Waals surface area contributed by atoms with Gasteiger partial charge in [-0.25, -0.2) is 4.98 Å². The topological polar surface area (TPSA) is 56.3 Å². The van der Waals surface area contributed by atoms with Gasteiger partial charge in [0.25, 0.3) is 0 Å². The Kier molecular flexibility index (Phi) is 3.41. The number of aryl methyl sites for hydroxylation is 2. The van der Waals surface area contributed by atoms with Crippen LogP contribution in [0.15, 0.2) is 6.07 Å². The molecule has 2 aliphatic rings. The Morgan fingerprint density at radius 3 is 2.84 bits per heavy atom. The molecule has 3 rings (SSSR count). The molecule has 1 aromatic rings. The van der Waals surface area contributed by atoms with Crippen LogP contribution in [0.25, 0.3) is 0 Å². The van der Waals surface area contributed by atoms with Crippen molar-refractivity contribution in [2.24, 2.45) is 0 Å². The number of rotatable bonds is 2. The molecule has 0 aliphatic carbocycles. The van der Waals surface area contributed by atoms with Gasteiger partial charge in [-0.2, -0.15) is 4.98 Å². The lowest BCUT2D eigenvalue weighted by Crippen LogP contribution is -2.41. The molecule has 19 heavy (non-hydrogen) atoms. The molecule has 104 valence electrons. The highest BCUT2D eigenvalue weighted by atomic mass is 16.6. The molecule has 2 fully saturated rings. The van der Waals surface area contributed by atoms with E-state index in [1.807, 2.05) is 19.9 Å². The van der Waals surface area contributed by atoms with Gasteiger partial charge in [-0.3, -0.25) is 0 Å². The Morgan fingerprint density at radius 2 is 2.11 bits per heavy atom. The van der Waals surface area contributed by atoms with E-state index in [0.29, 0.717) is 12.5 Å². The summed E-state index contributed by atoms with van der Waals surface area (Å²) in [6.07, 6.45) is 3.24. The van der Waals surface area contributed by atoms with Crippen LogP contribution in [0.5, 0.6) is 5.88 Å². The van der Waals surface area contributed by atoms with E-state index >= 15 is 0 Å². The van der Waals surface area contributed by atoms with Crippen LogP contribution in [0.1, 0.15) is 30.8 Å². The summed E-state index contributed by atoms with van der Waals surface area (Å²) in [6.45, 7) is 6.60. The van der Waals surface area contributed by atoms with Crippen LogP contribution in [0.3, 0.4) is 0 Å². The highest BCUT2D eigenvalue weighted by Crippen LogP contribution is 2.35. The highest BCUT2D eigenvalue weighted by Gasteiger charge is 2.42. The largest absolute Gasteiger partial charge is 0.472 e. The van der Waals surface area contributed by atoms with Crippen LogP contribution in [0.2, 0.25) is 0 Å². The highest BCUT2D eigenvalue weighted by molar-refractivity contribution is 5.15. The third-order valence-corrected chi connectivity index (χ3v) is 3.92. The standard InChI is InChI=1S/C14H21N3O2/c1-10-7-13(17-11(2)16-10)19-12-8-14(18-9-12)3-5-15-6-4-14/h7,12,15H,3-6,8-9H2,1-2H3. The summed E-state index contributed by atoms with van der Waals surface area (Å²) in [7, 11) is 0. The number of nitrogens with zero attached hydrogens (tertiary/aromatic N) is 2. The monoisotopic (exact) mass is 263 g/mol. The molecule has 0 amide bonds. The van der Waals surface area contributed by atoms with E-state index in [2.05, 4.69) is 15.3 Å². The first kappa shape index (κ1) is 12.8. The Hall–Kier alpha value is -1.20. The van der Waals surface area contributed by atoms with Crippen molar-refractivity contribution in [2.75, 3.05) is 19.7 Å².